The average Bonchev–Trinajstić information content (AvgIpc) is 2.02. The lowest BCUT2D eigenvalue weighted by Crippen LogP contribution is -2.05. The van der Waals surface area contributed by atoms with Crippen molar-refractivity contribution in [3.8, 4) is 0 Å². The Morgan fingerprint density at radius 3 is 2.75 bits per heavy atom. The van der Waals surface area contributed by atoms with E-state index in [1.165, 1.54) is 6.26 Å². The van der Waals surface area contributed by atoms with Gasteiger partial charge in [0.25, 0.3) is 0 Å². The maximum absolute atomic E-state index is 10.8. The molecule has 0 heterocycles. The van der Waals surface area contributed by atoms with Gasteiger partial charge in [0.05, 0.1) is 5.75 Å². The maximum Gasteiger partial charge on any atom is 0.147 e. The zero-order valence-electron chi connectivity index (χ0n) is 6.95. The first-order valence-electron chi connectivity index (χ1n) is 3.71. The molecule has 3 heteroatoms. The van der Waals surface area contributed by atoms with Crippen LogP contribution >= 0.6 is 0 Å². The Kier molecular flexibility index (Phi) is 2.87. The van der Waals surface area contributed by atoms with Crippen LogP contribution in [0.3, 0.4) is 0 Å². The first kappa shape index (κ1) is 9.26. The fourth-order valence-electron chi connectivity index (χ4n) is 0.889. The number of rotatable bonds is 3. The van der Waals surface area contributed by atoms with E-state index in [1.54, 1.807) is 6.07 Å². The molecule has 0 fully saturated rings. The van der Waals surface area contributed by atoms with Gasteiger partial charge in [0.2, 0.25) is 0 Å². The number of sulfone groups is 1. The van der Waals surface area contributed by atoms with Gasteiger partial charge in [-0.25, -0.2) is 8.42 Å². The molecule has 0 N–H and O–H groups in total. The summed E-state index contributed by atoms with van der Waals surface area (Å²) in [6.07, 6.45) is 1.83. The molecule has 0 saturated carbocycles. The summed E-state index contributed by atoms with van der Waals surface area (Å²) in [7, 11) is -2.84. The lowest BCUT2D eigenvalue weighted by atomic mass is 10.2. The Morgan fingerprint density at radius 1 is 1.50 bits per heavy atom. The molecule has 0 atom stereocenters. The Labute approximate surface area is 73.2 Å². The van der Waals surface area contributed by atoms with Crippen LogP contribution < -0.4 is 0 Å². The molecule has 12 heavy (non-hydrogen) atoms. The molecular formula is C9H11O2S. The minimum Gasteiger partial charge on any atom is -0.229 e. The van der Waals surface area contributed by atoms with E-state index in [-0.39, 0.29) is 5.75 Å². The van der Waals surface area contributed by atoms with Crippen molar-refractivity contribution in [2.75, 3.05) is 12.0 Å². The second-order valence-corrected chi connectivity index (χ2v) is 5.05. The summed E-state index contributed by atoms with van der Waals surface area (Å²) in [6.45, 7) is 0. The maximum atomic E-state index is 10.8. The van der Waals surface area contributed by atoms with E-state index >= 15 is 0 Å². The summed E-state index contributed by atoms with van der Waals surface area (Å²) in [5.41, 5.74) is 1.02. The first-order valence-corrected chi connectivity index (χ1v) is 5.77. The smallest absolute Gasteiger partial charge is 0.147 e. The molecule has 1 radical (unpaired) electrons. The molecule has 0 aromatic heterocycles. The van der Waals surface area contributed by atoms with E-state index in [0.29, 0.717) is 6.42 Å². The van der Waals surface area contributed by atoms with Crippen molar-refractivity contribution in [2.24, 2.45) is 0 Å². The number of hydrogen-bond acceptors (Lipinski definition) is 2. The second kappa shape index (κ2) is 3.72. The van der Waals surface area contributed by atoms with Gasteiger partial charge in [-0.2, -0.15) is 0 Å². The molecule has 0 aliphatic heterocycles. The van der Waals surface area contributed by atoms with Crippen LogP contribution in [0.1, 0.15) is 5.56 Å². The summed E-state index contributed by atoms with van der Waals surface area (Å²) < 4.78 is 21.6. The molecule has 0 saturated heterocycles. The fraction of sp³-hybridized carbons (Fsp3) is 0.333. The molecule has 0 unspecified atom stereocenters. The molecule has 0 bridgehead atoms. The molecule has 0 aliphatic carbocycles. The number of benzene rings is 1. The van der Waals surface area contributed by atoms with Gasteiger partial charge in [0.15, 0.2) is 0 Å². The third kappa shape index (κ3) is 3.53. The van der Waals surface area contributed by atoms with E-state index in [1.807, 2.05) is 18.2 Å². The number of hydrogen-bond donors (Lipinski definition) is 0. The van der Waals surface area contributed by atoms with Crippen LogP contribution in [0.2, 0.25) is 0 Å². The lowest BCUT2D eigenvalue weighted by Gasteiger charge is -1.97. The summed E-state index contributed by atoms with van der Waals surface area (Å²) in [5.74, 6) is 0.213. The predicted octanol–water partition coefficient (Wildman–Crippen LogP) is 1.07. The van der Waals surface area contributed by atoms with Crippen molar-refractivity contribution in [1.82, 2.24) is 0 Å². The summed E-state index contributed by atoms with van der Waals surface area (Å²) in [5, 5.41) is 0. The standard InChI is InChI=1S/C9H11O2S/c1-12(10,11)8-7-9-5-3-2-4-6-9/h2-3,5-6H,7-8H2,1H3. The van der Waals surface area contributed by atoms with Crippen molar-refractivity contribution in [2.45, 2.75) is 6.42 Å². The van der Waals surface area contributed by atoms with Gasteiger partial charge >= 0.3 is 0 Å². The minimum absolute atomic E-state index is 0.213. The molecule has 65 valence electrons. The van der Waals surface area contributed by atoms with Crippen LogP contribution in [-0.2, 0) is 16.3 Å². The van der Waals surface area contributed by atoms with Crippen LogP contribution in [-0.4, -0.2) is 20.4 Å². The molecule has 1 aromatic rings. The molecule has 1 rings (SSSR count). The van der Waals surface area contributed by atoms with Crippen molar-refractivity contribution < 1.29 is 8.42 Å². The van der Waals surface area contributed by atoms with Crippen LogP contribution in [0.4, 0.5) is 0 Å². The van der Waals surface area contributed by atoms with Gasteiger partial charge in [-0.05, 0) is 18.1 Å². The molecule has 1 aromatic carbocycles. The highest BCUT2D eigenvalue weighted by molar-refractivity contribution is 7.90. The lowest BCUT2D eigenvalue weighted by molar-refractivity contribution is 0.601. The zero-order chi connectivity index (χ0) is 9.03. The number of aryl methyl sites for hydroxylation is 1. The minimum atomic E-state index is -2.84. The van der Waals surface area contributed by atoms with E-state index in [2.05, 4.69) is 6.07 Å². The SMILES string of the molecule is CS(=O)(=O)CCc1c[c]ccc1. The largest absolute Gasteiger partial charge is 0.229 e. The quantitative estimate of drug-likeness (QED) is 0.702. The molecule has 2 nitrogen and oxygen atoms in total. The van der Waals surface area contributed by atoms with E-state index in [0.717, 1.165) is 5.56 Å². The van der Waals surface area contributed by atoms with Gasteiger partial charge in [-0.15, -0.1) is 0 Å². The van der Waals surface area contributed by atoms with Crippen molar-refractivity contribution in [1.29, 1.82) is 0 Å². The normalized spacial score (nSPS) is 11.4. The van der Waals surface area contributed by atoms with Crippen LogP contribution in [0, 0.1) is 6.07 Å². The molecular weight excluding hydrogens is 172 g/mol. The van der Waals surface area contributed by atoms with Gasteiger partial charge < -0.3 is 0 Å². The van der Waals surface area contributed by atoms with E-state index in [9.17, 15) is 8.42 Å². The van der Waals surface area contributed by atoms with Crippen molar-refractivity contribution >= 4 is 9.84 Å². The summed E-state index contributed by atoms with van der Waals surface area (Å²) in [4.78, 5) is 0. The van der Waals surface area contributed by atoms with Crippen LogP contribution in [0.15, 0.2) is 24.3 Å². The van der Waals surface area contributed by atoms with Gasteiger partial charge in [0, 0.05) is 6.26 Å². The summed E-state index contributed by atoms with van der Waals surface area (Å²) >= 11 is 0. The van der Waals surface area contributed by atoms with Crippen LogP contribution in [0.25, 0.3) is 0 Å². The highest BCUT2D eigenvalue weighted by Crippen LogP contribution is 2.00. The highest BCUT2D eigenvalue weighted by Gasteiger charge is 2.01. The van der Waals surface area contributed by atoms with Gasteiger partial charge in [-0.1, -0.05) is 24.3 Å². The topological polar surface area (TPSA) is 34.1 Å². The third-order valence-corrected chi connectivity index (χ3v) is 2.48. The van der Waals surface area contributed by atoms with E-state index < -0.39 is 9.84 Å². The average molecular weight is 183 g/mol. The van der Waals surface area contributed by atoms with Gasteiger partial charge in [0.1, 0.15) is 9.84 Å². The molecule has 0 spiro atoms. The van der Waals surface area contributed by atoms with Crippen molar-refractivity contribution in [3.63, 3.8) is 0 Å². The first-order chi connectivity index (χ1) is 5.58. The second-order valence-electron chi connectivity index (χ2n) is 2.79. The summed E-state index contributed by atoms with van der Waals surface area (Å²) in [6, 6.07) is 10.3. The Bertz CT molecular complexity index is 327. The van der Waals surface area contributed by atoms with Crippen LogP contribution in [0.5, 0.6) is 0 Å². The van der Waals surface area contributed by atoms with Crippen molar-refractivity contribution in [3.05, 3.63) is 35.9 Å². The van der Waals surface area contributed by atoms with E-state index in [4.69, 9.17) is 0 Å². The fourth-order valence-corrected chi connectivity index (χ4v) is 1.50. The monoisotopic (exact) mass is 183 g/mol. The Hall–Kier alpha value is -0.830. The molecule has 0 aliphatic rings. The molecule has 0 amide bonds. The Morgan fingerprint density at radius 2 is 2.25 bits per heavy atom. The van der Waals surface area contributed by atoms with Gasteiger partial charge in [-0.3, -0.25) is 0 Å². The predicted molar refractivity (Wildman–Crippen MR) is 48.7 cm³/mol. The zero-order valence-corrected chi connectivity index (χ0v) is 7.76. The Balaban J connectivity index is 2.56. The highest BCUT2D eigenvalue weighted by atomic mass is 32.2. The third-order valence-electron chi connectivity index (χ3n) is 1.53.